The number of hydrogen-bond donors (Lipinski definition) is 1. The predicted molar refractivity (Wildman–Crippen MR) is 91.0 cm³/mol. The molecule has 4 heteroatoms. The molecule has 0 bridgehead atoms. The molecule has 0 heterocycles. The molecule has 0 unspecified atom stereocenters. The molecule has 0 aromatic heterocycles. The SMILES string of the molecule is CCOc1cc(CCN)cc(Cl)c1OCCc1ccccc1. The minimum atomic E-state index is 0.556. The van der Waals surface area contributed by atoms with E-state index in [1.54, 1.807) is 0 Å². The highest BCUT2D eigenvalue weighted by Crippen LogP contribution is 2.36. The van der Waals surface area contributed by atoms with Crippen molar-refractivity contribution in [1.29, 1.82) is 0 Å². The molecule has 0 saturated heterocycles. The van der Waals surface area contributed by atoms with Gasteiger partial charge in [0.1, 0.15) is 0 Å². The molecule has 0 radical (unpaired) electrons. The van der Waals surface area contributed by atoms with Crippen molar-refractivity contribution in [1.82, 2.24) is 0 Å². The molecule has 2 aromatic carbocycles. The molecule has 0 aliphatic heterocycles. The summed E-state index contributed by atoms with van der Waals surface area (Å²) in [5, 5.41) is 0.572. The minimum absolute atomic E-state index is 0.556. The largest absolute Gasteiger partial charge is 0.490 e. The van der Waals surface area contributed by atoms with E-state index in [-0.39, 0.29) is 0 Å². The van der Waals surface area contributed by atoms with Crippen LogP contribution in [-0.2, 0) is 12.8 Å². The molecule has 0 aliphatic carbocycles. The number of hydrogen-bond acceptors (Lipinski definition) is 3. The zero-order valence-electron chi connectivity index (χ0n) is 12.8. The summed E-state index contributed by atoms with van der Waals surface area (Å²) < 4.78 is 11.5. The molecule has 0 fully saturated rings. The standard InChI is InChI=1S/C18H22ClNO2/c1-2-21-17-13-15(8-10-20)12-16(19)18(17)22-11-9-14-6-4-3-5-7-14/h3-7,12-13H,2,8-11,20H2,1H3. The van der Waals surface area contributed by atoms with Gasteiger partial charge in [-0.05, 0) is 43.1 Å². The zero-order valence-corrected chi connectivity index (χ0v) is 13.6. The van der Waals surface area contributed by atoms with Crippen molar-refractivity contribution in [3.8, 4) is 11.5 Å². The summed E-state index contributed by atoms with van der Waals surface area (Å²) in [4.78, 5) is 0. The molecule has 2 aromatic rings. The average molecular weight is 320 g/mol. The second-order valence-electron chi connectivity index (χ2n) is 4.96. The van der Waals surface area contributed by atoms with Crippen LogP contribution in [0.4, 0.5) is 0 Å². The number of ether oxygens (including phenoxy) is 2. The van der Waals surface area contributed by atoms with Crippen LogP contribution in [-0.4, -0.2) is 19.8 Å². The van der Waals surface area contributed by atoms with Crippen LogP contribution in [0.2, 0.25) is 5.02 Å². The Morgan fingerprint density at radius 1 is 1.00 bits per heavy atom. The smallest absolute Gasteiger partial charge is 0.179 e. The van der Waals surface area contributed by atoms with E-state index in [1.165, 1.54) is 5.56 Å². The predicted octanol–water partition coefficient (Wildman–Crippen LogP) is 3.86. The second-order valence-corrected chi connectivity index (χ2v) is 5.37. The third-order valence-electron chi connectivity index (χ3n) is 3.28. The van der Waals surface area contributed by atoms with Crippen molar-refractivity contribution < 1.29 is 9.47 Å². The van der Waals surface area contributed by atoms with Gasteiger partial charge in [0, 0.05) is 6.42 Å². The summed E-state index contributed by atoms with van der Waals surface area (Å²) >= 11 is 6.34. The Hall–Kier alpha value is -1.71. The van der Waals surface area contributed by atoms with E-state index in [1.807, 2.05) is 37.3 Å². The van der Waals surface area contributed by atoms with Crippen molar-refractivity contribution in [3.63, 3.8) is 0 Å². The van der Waals surface area contributed by atoms with Crippen LogP contribution in [0.25, 0.3) is 0 Å². The minimum Gasteiger partial charge on any atom is -0.490 e. The van der Waals surface area contributed by atoms with Gasteiger partial charge in [-0.2, -0.15) is 0 Å². The molecule has 0 aliphatic rings. The lowest BCUT2D eigenvalue weighted by atomic mass is 10.1. The highest BCUT2D eigenvalue weighted by molar-refractivity contribution is 6.32. The molecular formula is C18H22ClNO2. The monoisotopic (exact) mass is 319 g/mol. The fourth-order valence-electron chi connectivity index (χ4n) is 2.25. The number of benzene rings is 2. The lowest BCUT2D eigenvalue weighted by Gasteiger charge is -2.15. The van der Waals surface area contributed by atoms with Crippen molar-refractivity contribution >= 4 is 11.6 Å². The summed E-state index contributed by atoms with van der Waals surface area (Å²) in [6.45, 7) is 3.64. The maximum absolute atomic E-state index is 6.34. The van der Waals surface area contributed by atoms with E-state index in [0.29, 0.717) is 36.3 Å². The molecule has 0 saturated carbocycles. The lowest BCUT2D eigenvalue weighted by molar-refractivity contribution is 0.279. The fraction of sp³-hybridized carbons (Fsp3) is 0.333. The number of nitrogens with two attached hydrogens (primary N) is 1. The topological polar surface area (TPSA) is 44.5 Å². The van der Waals surface area contributed by atoms with Gasteiger partial charge in [0.2, 0.25) is 0 Å². The Morgan fingerprint density at radius 3 is 2.45 bits per heavy atom. The third-order valence-corrected chi connectivity index (χ3v) is 3.56. The second kappa shape index (κ2) is 8.66. The average Bonchev–Trinajstić information content (AvgIpc) is 2.51. The fourth-order valence-corrected chi connectivity index (χ4v) is 2.54. The van der Waals surface area contributed by atoms with Crippen molar-refractivity contribution in [2.45, 2.75) is 19.8 Å². The van der Waals surface area contributed by atoms with Crippen LogP contribution < -0.4 is 15.2 Å². The van der Waals surface area contributed by atoms with E-state index in [9.17, 15) is 0 Å². The molecule has 2 rings (SSSR count). The Labute approximate surface area is 137 Å². The van der Waals surface area contributed by atoms with Gasteiger partial charge in [-0.25, -0.2) is 0 Å². The van der Waals surface area contributed by atoms with Gasteiger partial charge in [0.25, 0.3) is 0 Å². The highest BCUT2D eigenvalue weighted by Gasteiger charge is 2.12. The van der Waals surface area contributed by atoms with Crippen LogP contribution in [0.1, 0.15) is 18.1 Å². The molecule has 22 heavy (non-hydrogen) atoms. The van der Waals surface area contributed by atoms with Crippen LogP contribution in [0, 0.1) is 0 Å². The summed E-state index contributed by atoms with van der Waals surface area (Å²) in [6, 6.07) is 14.1. The first-order chi connectivity index (χ1) is 10.7. The summed E-state index contributed by atoms with van der Waals surface area (Å²) in [5.41, 5.74) is 7.90. The van der Waals surface area contributed by atoms with Gasteiger partial charge >= 0.3 is 0 Å². The molecule has 118 valence electrons. The van der Waals surface area contributed by atoms with E-state index in [0.717, 1.165) is 18.4 Å². The normalized spacial score (nSPS) is 10.5. The Bertz CT molecular complexity index is 587. The molecule has 0 amide bonds. The number of halogens is 1. The van der Waals surface area contributed by atoms with Crippen LogP contribution in [0.15, 0.2) is 42.5 Å². The van der Waals surface area contributed by atoms with E-state index < -0.39 is 0 Å². The zero-order chi connectivity index (χ0) is 15.8. The van der Waals surface area contributed by atoms with Crippen LogP contribution in [0.5, 0.6) is 11.5 Å². The quantitative estimate of drug-likeness (QED) is 0.803. The Balaban J connectivity index is 2.08. The Morgan fingerprint density at radius 2 is 1.77 bits per heavy atom. The molecule has 3 nitrogen and oxygen atoms in total. The maximum Gasteiger partial charge on any atom is 0.179 e. The van der Waals surface area contributed by atoms with E-state index in [4.69, 9.17) is 26.8 Å². The third kappa shape index (κ3) is 4.65. The summed E-state index contributed by atoms with van der Waals surface area (Å²) in [5.74, 6) is 1.30. The van der Waals surface area contributed by atoms with Gasteiger partial charge < -0.3 is 15.2 Å². The van der Waals surface area contributed by atoms with Crippen molar-refractivity contribution in [2.75, 3.05) is 19.8 Å². The first-order valence-electron chi connectivity index (χ1n) is 7.56. The summed E-state index contributed by atoms with van der Waals surface area (Å²) in [7, 11) is 0. The lowest BCUT2D eigenvalue weighted by Crippen LogP contribution is -2.06. The van der Waals surface area contributed by atoms with Gasteiger partial charge in [-0.1, -0.05) is 41.9 Å². The first-order valence-corrected chi connectivity index (χ1v) is 7.94. The first kappa shape index (κ1) is 16.7. The van der Waals surface area contributed by atoms with Crippen molar-refractivity contribution in [2.24, 2.45) is 5.73 Å². The summed E-state index contributed by atoms with van der Waals surface area (Å²) in [6.07, 6.45) is 1.59. The van der Waals surface area contributed by atoms with Crippen LogP contribution in [0.3, 0.4) is 0 Å². The molecule has 0 spiro atoms. The van der Waals surface area contributed by atoms with Gasteiger partial charge in [0.05, 0.1) is 18.2 Å². The van der Waals surface area contributed by atoms with E-state index in [2.05, 4.69) is 12.1 Å². The maximum atomic E-state index is 6.34. The van der Waals surface area contributed by atoms with Crippen LogP contribution >= 0.6 is 11.6 Å². The number of rotatable bonds is 8. The van der Waals surface area contributed by atoms with Gasteiger partial charge in [-0.15, -0.1) is 0 Å². The van der Waals surface area contributed by atoms with Gasteiger partial charge in [-0.3, -0.25) is 0 Å². The van der Waals surface area contributed by atoms with Crippen molar-refractivity contribution in [3.05, 3.63) is 58.6 Å². The van der Waals surface area contributed by atoms with Gasteiger partial charge in [0.15, 0.2) is 11.5 Å². The van der Waals surface area contributed by atoms with E-state index >= 15 is 0 Å². The molecule has 0 atom stereocenters. The molecular weight excluding hydrogens is 298 g/mol. The highest BCUT2D eigenvalue weighted by atomic mass is 35.5. The Kier molecular flexibility index (Phi) is 6.56. The molecule has 2 N–H and O–H groups in total.